The molecule has 2 nitrogen and oxygen atoms in total. The van der Waals surface area contributed by atoms with Gasteiger partial charge in [0.1, 0.15) is 5.75 Å². The van der Waals surface area contributed by atoms with Crippen molar-refractivity contribution in [3.8, 4) is 5.75 Å². The fraction of sp³-hybridized carbons (Fsp3) is 0.316. The van der Waals surface area contributed by atoms with Crippen molar-refractivity contribution in [1.29, 1.82) is 0 Å². The third-order valence-electron chi connectivity index (χ3n) is 4.70. The minimum atomic E-state index is 0.0931. The summed E-state index contributed by atoms with van der Waals surface area (Å²) in [7, 11) is 0. The second kappa shape index (κ2) is 5.03. The molecule has 0 saturated carbocycles. The molecule has 1 atom stereocenters. The molecule has 0 amide bonds. The van der Waals surface area contributed by atoms with Crippen LogP contribution in [0.1, 0.15) is 33.5 Å². The molecule has 0 N–H and O–H groups in total. The maximum absolute atomic E-state index is 12.9. The van der Waals surface area contributed by atoms with Crippen LogP contribution >= 0.6 is 0 Å². The highest BCUT2D eigenvalue weighted by atomic mass is 16.5. The number of benzene rings is 2. The number of hydrogen-bond donors (Lipinski definition) is 0. The quantitative estimate of drug-likeness (QED) is 0.784. The van der Waals surface area contributed by atoms with E-state index in [9.17, 15) is 4.79 Å². The highest BCUT2D eigenvalue weighted by molar-refractivity contribution is 6.01. The molecule has 21 heavy (non-hydrogen) atoms. The summed E-state index contributed by atoms with van der Waals surface area (Å²) in [5.74, 6) is 1.18. The van der Waals surface area contributed by atoms with Crippen LogP contribution in [0.4, 0.5) is 0 Å². The molecule has 0 fully saturated rings. The normalized spacial score (nSPS) is 19.5. The second-order valence-electron chi connectivity index (χ2n) is 5.96. The maximum Gasteiger partial charge on any atom is 0.170 e. The van der Waals surface area contributed by atoms with Gasteiger partial charge in [0.05, 0.1) is 12.2 Å². The lowest BCUT2D eigenvalue weighted by Crippen LogP contribution is -2.23. The van der Waals surface area contributed by atoms with Crippen molar-refractivity contribution < 1.29 is 9.53 Å². The molecule has 2 heteroatoms. The van der Waals surface area contributed by atoms with Crippen LogP contribution in [0.15, 0.2) is 42.5 Å². The number of carbonyl (C=O) groups is 1. The highest BCUT2D eigenvalue weighted by Crippen LogP contribution is 2.34. The van der Waals surface area contributed by atoms with Gasteiger partial charge in [-0.15, -0.1) is 0 Å². The largest absolute Gasteiger partial charge is 0.492 e. The van der Waals surface area contributed by atoms with Crippen LogP contribution in [0, 0.1) is 5.92 Å². The van der Waals surface area contributed by atoms with Crippen molar-refractivity contribution >= 4 is 5.78 Å². The fourth-order valence-corrected chi connectivity index (χ4v) is 3.55. The molecule has 1 aliphatic heterocycles. The van der Waals surface area contributed by atoms with Crippen molar-refractivity contribution in [2.45, 2.75) is 25.7 Å². The van der Waals surface area contributed by atoms with E-state index in [1.165, 1.54) is 16.7 Å². The molecule has 0 radical (unpaired) electrons. The molecule has 1 aliphatic carbocycles. The summed E-state index contributed by atoms with van der Waals surface area (Å²) in [4.78, 5) is 12.9. The molecular weight excluding hydrogens is 260 g/mol. The number of hydrogen-bond acceptors (Lipinski definition) is 2. The lowest BCUT2D eigenvalue weighted by molar-refractivity contribution is 0.0905. The van der Waals surface area contributed by atoms with Crippen molar-refractivity contribution in [2.75, 3.05) is 6.61 Å². The van der Waals surface area contributed by atoms with Crippen molar-refractivity contribution in [1.82, 2.24) is 0 Å². The molecule has 0 bridgehead atoms. The van der Waals surface area contributed by atoms with Crippen LogP contribution in [-0.4, -0.2) is 12.4 Å². The number of aryl methyl sites for hydroxylation is 1. The van der Waals surface area contributed by atoms with Crippen molar-refractivity contribution in [3.05, 3.63) is 64.7 Å². The fourth-order valence-electron chi connectivity index (χ4n) is 3.55. The number of para-hydroxylation sites is 1. The van der Waals surface area contributed by atoms with Crippen LogP contribution in [0.25, 0.3) is 0 Å². The number of ether oxygens (including phenoxy) is 1. The van der Waals surface area contributed by atoms with Gasteiger partial charge in [0.15, 0.2) is 5.78 Å². The van der Waals surface area contributed by atoms with E-state index in [4.69, 9.17) is 4.74 Å². The molecule has 2 aromatic carbocycles. The standard InChI is InChI=1S/C19H18O2/c20-18(17-7-3-6-14-10-11-21-19(14)17)16-9-8-13-4-1-2-5-15(13)12-16/h1-7,16H,8-12H2. The summed E-state index contributed by atoms with van der Waals surface area (Å²) < 4.78 is 5.69. The predicted molar refractivity (Wildman–Crippen MR) is 81.9 cm³/mol. The third kappa shape index (κ3) is 2.15. The van der Waals surface area contributed by atoms with Crippen molar-refractivity contribution in [3.63, 3.8) is 0 Å². The average Bonchev–Trinajstić information content (AvgIpc) is 3.02. The van der Waals surface area contributed by atoms with Gasteiger partial charge in [-0.1, -0.05) is 36.4 Å². The zero-order chi connectivity index (χ0) is 14.2. The van der Waals surface area contributed by atoms with E-state index in [2.05, 4.69) is 30.3 Å². The Balaban J connectivity index is 1.64. The lowest BCUT2D eigenvalue weighted by atomic mass is 9.80. The molecule has 0 aromatic heterocycles. The summed E-state index contributed by atoms with van der Waals surface area (Å²) in [6.07, 6.45) is 3.73. The molecule has 2 aliphatic rings. The van der Waals surface area contributed by atoms with E-state index in [0.717, 1.165) is 37.0 Å². The zero-order valence-corrected chi connectivity index (χ0v) is 12.0. The SMILES string of the molecule is O=C(c1cccc2c1OCC2)C1CCc2ccccc2C1. The minimum Gasteiger partial charge on any atom is -0.492 e. The Labute approximate surface area is 124 Å². The summed E-state index contributed by atoms with van der Waals surface area (Å²) in [5.41, 5.74) is 4.69. The molecule has 0 saturated heterocycles. The number of Topliss-reactive ketones (excluding diaryl/α,β-unsaturated/α-hetero) is 1. The maximum atomic E-state index is 12.9. The first-order valence-corrected chi connectivity index (χ1v) is 7.68. The summed E-state index contributed by atoms with van der Waals surface area (Å²) in [6, 6.07) is 14.5. The smallest absolute Gasteiger partial charge is 0.170 e. The number of rotatable bonds is 2. The minimum absolute atomic E-state index is 0.0931. The number of fused-ring (bicyclic) bond motifs is 2. The van der Waals surface area contributed by atoms with Gasteiger partial charge in [-0.2, -0.15) is 0 Å². The van der Waals surface area contributed by atoms with Gasteiger partial charge >= 0.3 is 0 Å². The Hall–Kier alpha value is -2.09. The zero-order valence-electron chi connectivity index (χ0n) is 12.0. The van der Waals surface area contributed by atoms with Crippen LogP contribution in [0.5, 0.6) is 5.75 Å². The van der Waals surface area contributed by atoms with E-state index >= 15 is 0 Å². The summed E-state index contributed by atoms with van der Waals surface area (Å²) in [6.45, 7) is 0.702. The predicted octanol–water partition coefficient (Wildman–Crippen LogP) is 3.61. The Bertz CT molecular complexity index is 702. The first-order valence-electron chi connectivity index (χ1n) is 7.68. The molecule has 4 rings (SSSR count). The summed E-state index contributed by atoms with van der Waals surface area (Å²) >= 11 is 0. The van der Waals surface area contributed by atoms with E-state index in [1.54, 1.807) is 0 Å². The number of ketones is 1. The van der Waals surface area contributed by atoms with E-state index in [0.29, 0.717) is 6.61 Å². The van der Waals surface area contributed by atoms with Crippen LogP contribution < -0.4 is 4.74 Å². The second-order valence-corrected chi connectivity index (χ2v) is 5.96. The molecule has 1 unspecified atom stereocenters. The van der Waals surface area contributed by atoms with Gasteiger partial charge in [0, 0.05) is 12.3 Å². The Kier molecular flexibility index (Phi) is 3.03. The van der Waals surface area contributed by atoms with E-state index in [1.807, 2.05) is 12.1 Å². The first kappa shape index (κ1) is 12.6. The van der Waals surface area contributed by atoms with Gasteiger partial charge in [0.25, 0.3) is 0 Å². The Morgan fingerprint density at radius 1 is 0.952 bits per heavy atom. The monoisotopic (exact) mass is 278 g/mol. The molecular formula is C19H18O2. The molecule has 2 aromatic rings. The topological polar surface area (TPSA) is 26.3 Å². The van der Waals surface area contributed by atoms with Crippen LogP contribution in [0.3, 0.4) is 0 Å². The van der Waals surface area contributed by atoms with Crippen LogP contribution in [-0.2, 0) is 19.3 Å². The van der Waals surface area contributed by atoms with Gasteiger partial charge in [-0.3, -0.25) is 4.79 Å². The van der Waals surface area contributed by atoms with E-state index in [-0.39, 0.29) is 11.7 Å². The third-order valence-corrected chi connectivity index (χ3v) is 4.70. The molecule has 0 spiro atoms. The van der Waals surface area contributed by atoms with E-state index < -0.39 is 0 Å². The number of carbonyl (C=O) groups excluding carboxylic acids is 1. The van der Waals surface area contributed by atoms with Gasteiger partial charge < -0.3 is 4.74 Å². The molecule has 1 heterocycles. The summed E-state index contributed by atoms with van der Waals surface area (Å²) in [5, 5.41) is 0. The molecule has 106 valence electrons. The average molecular weight is 278 g/mol. The van der Waals surface area contributed by atoms with Crippen LogP contribution in [0.2, 0.25) is 0 Å². The van der Waals surface area contributed by atoms with Gasteiger partial charge in [-0.05, 0) is 42.0 Å². The van der Waals surface area contributed by atoms with Crippen molar-refractivity contribution in [2.24, 2.45) is 5.92 Å². The van der Waals surface area contributed by atoms with Gasteiger partial charge in [-0.25, -0.2) is 0 Å². The Morgan fingerprint density at radius 3 is 2.67 bits per heavy atom. The first-order chi connectivity index (χ1) is 10.3. The lowest BCUT2D eigenvalue weighted by Gasteiger charge is -2.24. The highest BCUT2D eigenvalue weighted by Gasteiger charge is 2.29. The van der Waals surface area contributed by atoms with Gasteiger partial charge in [0.2, 0.25) is 0 Å². The Morgan fingerprint density at radius 2 is 1.76 bits per heavy atom.